The highest BCUT2D eigenvalue weighted by atomic mass is 32.2. The Bertz CT molecular complexity index is 739. The highest BCUT2D eigenvalue weighted by molar-refractivity contribution is 7.89. The van der Waals surface area contributed by atoms with Crippen LogP contribution in [0.1, 0.15) is 13.3 Å². The minimum Gasteiger partial charge on any atom is -0.354 e. The van der Waals surface area contributed by atoms with Crippen molar-refractivity contribution in [3.05, 3.63) is 25.0 Å². The predicted octanol–water partition coefficient (Wildman–Crippen LogP) is -0.0809. The molecule has 9 nitrogen and oxygen atoms in total. The summed E-state index contributed by atoms with van der Waals surface area (Å²) in [5, 5.41) is 4.05. The first-order valence-corrected chi connectivity index (χ1v) is 9.11. The van der Waals surface area contributed by atoms with E-state index in [2.05, 4.69) is 25.0 Å². The third-order valence-corrected chi connectivity index (χ3v) is 5.79. The van der Waals surface area contributed by atoms with Gasteiger partial charge in [0.2, 0.25) is 10.0 Å². The Morgan fingerprint density at radius 3 is 2.48 bits per heavy atom. The lowest BCUT2D eigenvalue weighted by Gasteiger charge is -2.34. The van der Waals surface area contributed by atoms with Crippen LogP contribution in [0, 0.1) is 0 Å². The summed E-state index contributed by atoms with van der Waals surface area (Å²) in [5.41, 5.74) is 0. The van der Waals surface area contributed by atoms with Crippen LogP contribution < -0.4 is 4.90 Å². The molecule has 23 heavy (non-hydrogen) atoms. The summed E-state index contributed by atoms with van der Waals surface area (Å²) in [5.74, 6) is 1.60. The van der Waals surface area contributed by atoms with Gasteiger partial charge in [-0.15, -0.1) is 0 Å². The molecule has 0 aliphatic carbocycles. The van der Waals surface area contributed by atoms with Crippen molar-refractivity contribution in [3.63, 3.8) is 0 Å². The van der Waals surface area contributed by atoms with Gasteiger partial charge in [0.25, 0.3) is 0 Å². The molecule has 0 saturated carbocycles. The van der Waals surface area contributed by atoms with Gasteiger partial charge in [-0.2, -0.15) is 9.40 Å². The first-order chi connectivity index (χ1) is 11.1. The predicted molar refractivity (Wildman–Crippen MR) is 84.8 cm³/mol. The molecule has 2 aromatic rings. The first-order valence-electron chi connectivity index (χ1n) is 7.50. The van der Waals surface area contributed by atoms with Crippen LogP contribution in [0.3, 0.4) is 0 Å². The Labute approximate surface area is 135 Å². The highest BCUT2D eigenvalue weighted by Crippen LogP contribution is 2.17. The monoisotopic (exact) mass is 337 g/mol. The summed E-state index contributed by atoms with van der Waals surface area (Å²) < 4.78 is 27.3. The number of hydrogen-bond donors (Lipinski definition) is 0. The average Bonchev–Trinajstić information content (AvgIpc) is 3.10. The molecule has 1 saturated heterocycles. The maximum absolute atomic E-state index is 12.1. The molecule has 10 heteroatoms. The van der Waals surface area contributed by atoms with E-state index in [0.29, 0.717) is 38.4 Å². The molecule has 0 N–H and O–H groups in total. The van der Waals surface area contributed by atoms with Crippen molar-refractivity contribution in [2.45, 2.75) is 13.3 Å². The third kappa shape index (κ3) is 3.48. The SMILES string of the molecule is CCCS(=O)(=O)N1CCN(c2cc(-n3cncn3)ncn2)CC1. The van der Waals surface area contributed by atoms with Crippen molar-refractivity contribution in [1.82, 2.24) is 29.0 Å². The molecule has 1 aliphatic rings. The van der Waals surface area contributed by atoms with Gasteiger partial charge in [-0.25, -0.2) is 28.1 Å². The quantitative estimate of drug-likeness (QED) is 0.752. The molecule has 0 radical (unpaired) electrons. The number of sulfonamides is 1. The van der Waals surface area contributed by atoms with Gasteiger partial charge in [-0.1, -0.05) is 6.92 Å². The van der Waals surface area contributed by atoms with E-state index in [4.69, 9.17) is 0 Å². The Morgan fingerprint density at radius 2 is 1.83 bits per heavy atom. The second-order valence-corrected chi connectivity index (χ2v) is 7.37. The normalized spacial score (nSPS) is 16.7. The van der Waals surface area contributed by atoms with Gasteiger partial charge in [0.05, 0.1) is 5.75 Å². The van der Waals surface area contributed by atoms with Crippen molar-refractivity contribution >= 4 is 15.8 Å². The minimum atomic E-state index is -3.13. The Morgan fingerprint density at radius 1 is 1.09 bits per heavy atom. The van der Waals surface area contributed by atoms with E-state index in [1.165, 1.54) is 12.7 Å². The van der Waals surface area contributed by atoms with Crippen LogP contribution in [0.5, 0.6) is 0 Å². The standard InChI is InChI=1S/C13H19N7O2S/c1-2-7-23(21,22)19-5-3-18(4-6-19)12-8-13(16-10-15-12)20-11-14-9-17-20/h8-11H,2-7H2,1H3. The summed E-state index contributed by atoms with van der Waals surface area (Å²) in [4.78, 5) is 14.4. The van der Waals surface area contributed by atoms with Crippen LogP contribution in [-0.2, 0) is 10.0 Å². The van der Waals surface area contributed by atoms with Gasteiger partial charge >= 0.3 is 0 Å². The van der Waals surface area contributed by atoms with Crippen LogP contribution in [0.25, 0.3) is 5.82 Å². The van der Waals surface area contributed by atoms with Gasteiger partial charge in [0, 0.05) is 32.2 Å². The van der Waals surface area contributed by atoms with E-state index in [0.717, 1.165) is 5.82 Å². The maximum Gasteiger partial charge on any atom is 0.214 e. The molecular weight excluding hydrogens is 318 g/mol. The molecule has 0 atom stereocenters. The van der Waals surface area contributed by atoms with Gasteiger partial charge in [-0.3, -0.25) is 0 Å². The van der Waals surface area contributed by atoms with Crippen LogP contribution >= 0.6 is 0 Å². The topological polar surface area (TPSA) is 97.1 Å². The van der Waals surface area contributed by atoms with E-state index in [9.17, 15) is 8.42 Å². The lowest BCUT2D eigenvalue weighted by Crippen LogP contribution is -2.49. The largest absolute Gasteiger partial charge is 0.354 e. The summed E-state index contributed by atoms with van der Waals surface area (Å²) in [6, 6.07) is 1.82. The Hall–Kier alpha value is -2.07. The molecular formula is C13H19N7O2S. The summed E-state index contributed by atoms with van der Waals surface area (Å²) >= 11 is 0. The number of aromatic nitrogens is 5. The van der Waals surface area contributed by atoms with Gasteiger partial charge < -0.3 is 4.90 Å². The molecule has 0 bridgehead atoms. The minimum absolute atomic E-state index is 0.205. The van der Waals surface area contributed by atoms with Crippen LogP contribution in [0.4, 0.5) is 5.82 Å². The molecule has 1 aliphatic heterocycles. The lowest BCUT2D eigenvalue weighted by atomic mass is 10.3. The zero-order valence-corrected chi connectivity index (χ0v) is 13.7. The number of rotatable bonds is 5. The average molecular weight is 337 g/mol. The Kier molecular flexibility index (Phi) is 4.53. The number of nitrogens with zero attached hydrogens (tertiary/aromatic N) is 7. The zero-order valence-electron chi connectivity index (χ0n) is 12.9. The number of hydrogen-bond acceptors (Lipinski definition) is 7. The maximum atomic E-state index is 12.1. The highest BCUT2D eigenvalue weighted by Gasteiger charge is 2.26. The van der Waals surface area contributed by atoms with Gasteiger partial charge in [-0.05, 0) is 6.42 Å². The molecule has 0 spiro atoms. The molecule has 0 aromatic carbocycles. The third-order valence-electron chi connectivity index (χ3n) is 3.71. The zero-order chi connectivity index (χ0) is 16.3. The smallest absolute Gasteiger partial charge is 0.214 e. The molecule has 3 rings (SSSR count). The first kappa shape index (κ1) is 15.8. The Balaban J connectivity index is 1.70. The molecule has 0 unspecified atom stereocenters. The second-order valence-electron chi connectivity index (χ2n) is 5.28. The van der Waals surface area contributed by atoms with Crippen molar-refractivity contribution in [3.8, 4) is 5.82 Å². The van der Waals surface area contributed by atoms with Crippen LogP contribution in [0.15, 0.2) is 25.0 Å². The molecule has 1 fully saturated rings. The van der Waals surface area contributed by atoms with Crippen molar-refractivity contribution in [2.75, 3.05) is 36.8 Å². The lowest BCUT2D eigenvalue weighted by molar-refractivity contribution is 0.383. The fourth-order valence-corrected chi connectivity index (χ4v) is 4.04. The fraction of sp³-hybridized carbons (Fsp3) is 0.538. The van der Waals surface area contributed by atoms with Gasteiger partial charge in [0.1, 0.15) is 24.8 Å². The van der Waals surface area contributed by atoms with E-state index in [1.54, 1.807) is 15.3 Å². The number of piperazine rings is 1. The van der Waals surface area contributed by atoms with Crippen molar-refractivity contribution in [1.29, 1.82) is 0 Å². The van der Waals surface area contributed by atoms with E-state index >= 15 is 0 Å². The second kappa shape index (κ2) is 6.59. The van der Waals surface area contributed by atoms with E-state index in [1.807, 2.05) is 13.0 Å². The van der Waals surface area contributed by atoms with Crippen LogP contribution in [-0.4, -0.2) is 69.4 Å². The van der Waals surface area contributed by atoms with Crippen molar-refractivity contribution < 1.29 is 8.42 Å². The van der Waals surface area contributed by atoms with Gasteiger partial charge in [0.15, 0.2) is 5.82 Å². The molecule has 0 amide bonds. The summed E-state index contributed by atoms with van der Waals surface area (Å²) in [6.45, 7) is 4.05. The molecule has 124 valence electrons. The fourth-order valence-electron chi connectivity index (χ4n) is 2.54. The van der Waals surface area contributed by atoms with E-state index < -0.39 is 10.0 Å². The molecule has 2 aromatic heterocycles. The van der Waals surface area contributed by atoms with E-state index in [-0.39, 0.29) is 5.75 Å². The summed E-state index contributed by atoms with van der Waals surface area (Å²) in [7, 11) is -3.13. The van der Waals surface area contributed by atoms with Crippen LogP contribution in [0.2, 0.25) is 0 Å². The number of anilines is 1. The molecule has 3 heterocycles. The van der Waals surface area contributed by atoms with Crippen molar-refractivity contribution in [2.24, 2.45) is 0 Å². The summed E-state index contributed by atoms with van der Waals surface area (Å²) in [6.07, 6.45) is 5.13.